The Morgan fingerprint density at radius 2 is 1.83 bits per heavy atom. The summed E-state index contributed by atoms with van der Waals surface area (Å²) < 4.78 is 38.2. The first-order valence-corrected chi connectivity index (χ1v) is 11.5. The number of ether oxygens (including phenoxy) is 2. The molecule has 1 aliphatic rings. The number of hydrogen-bond acceptors (Lipinski definition) is 5. The van der Waals surface area contributed by atoms with E-state index in [1.54, 1.807) is 31.4 Å². The molecule has 1 heterocycles. The van der Waals surface area contributed by atoms with Gasteiger partial charge in [-0.05, 0) is 62.6 Å². The van der Waals surface area contributed by atoms with Crippen LogP contribution in [-0.2, 0) is 14.8 Å². The number of sulfonamides is 1. The number of carbonyl (C=O) groups is 1. The zero-order valence-electron chi connectivity index (χ0n) is 17.6. The summed E-state index contributed by atoms with van der Waals surface area (Å²) in [5.74, 6) is 0.920. The first-order chi connectivity index (χ1) is 14.4. The molecular formula is C22H28N2O5S. The number of benzene rings is 2. The van der Waals surface area contributed by atoms with Crippen molar-refractivity contribution in [3.63, 3.8) is 0 Å². The lowest BCUT2D eigenvalue weighted by molar-refractivity contribution is -0.120. The van der Waals surface area contributed by atoms with Crippen molar-refractivity contribution in [2.45, 2.75) is 31.6 Å². The van der Waals surface area contributed by atoms with Crippen LogP contribution in [0.4, 0.5) is 5.69 Å². The highest BCUT2D eigenvalue weighted by Gasteiger charge is 2.32. The molecule has 1 saturated heterocycles. The molecule has 1 aliphatic heterocycles. The molecule has 0 unspecified atom stereocenters. The van der Waals surface area contributed by atoms with Gasteiger partial charge >= 0.3 is 0 Å². The number of nitrogens with one attached hydrogen (secondary N) is 1. The molecule has 2 aromatic rings. The van der Waals surface area contributed by atoms with Gasteiger partial charge in [0.25, 0.3) is 0 Å². The molecule has 7 nitrogen and oxygen atoms in total. The van der Waals surface area contributed by atoms with Crippen LogP contribution in [0.3, 0.4) is 0 Å². The lowest BCUT2D eigenvalue weighted by atomic mass is 9.97. The van der Waals surface area contributed by atoms with Crippen LogP contribution in [0.5, 0.6) is 11.5 Å². The van der Waals surface area contributed by atoms with E-state index in [1.807, 2.05) is 32.0 Å². The maximum Gasteiger partial charge on any atom is 0.243 e. The molecule has 8 heteroatoms. The van der Waals surface area contributed by atoms with Crippen LogP contribution in [0.1, 0.15) is 25.3 Å². The molecule has 30 heavy (non-hydrogen) atoms. The Balaban J connectivity index is 1.64. The third kappa shape index (κ3) is 4.76. The van der Waals surface area contributed by atoms with Crippen LogP contribution in [0.15, 0.2) is 47.4 Å². The van der Waals surface area contributed by atoms with Gasteiger partial charge in [-0.2, -0.15) is 4.31 Å². The molecule has 3 rings (SSSR count). The second-order valence-corrected chi connectivity index (χ2v) is 9.17. The predicted octanol–water partition coefficient (Wildman–Crippen LogP) is 3.44. The van der Waals surface area contributed by atoms with Crippen molar-refractivity contribution < 1.29 is 22.7 Å². The van der Waals surface area contributed by atoms with Crippen molar-refractivity contribution in [1.29, 1.82) is 0 Å². The average molecular weight is 433 g/mol. The smallest absolute Gasteiger partial charge is 0.243 e. The minimum absolute atomic E-state index is 0.112. The molecule has 0 bridgehead atoms. The van der Waals surface area contributed by atoms with Gasteiger partial charge in [-0.25, -0.2) is 8.42 Å². The molecule has 162 valence electrons. The summed E-state index contributed by atoms with van der Waals surface area (Å²) in [6, 6.07) is 12.1. The van der Waals surface area contributed by atoms with Crippen LogP contribution in [0.2, 0.25) is 0 Å². The first-order valence-electron chi connectivity index (χ1n) is 10.0. The number of hydrogen-bond donors (Lipinski definition) is 1. The Morgan fingerprint density at radius 3 is 2.47 bits per heavy atom. The van der Waals surface area contributed by atoms with E-state index in [2.05, 4.69) is 5.32 Å². The SMILES string of the molecule is CCOc1ccccc1NC(=O)C1CCN(S(=O)(=O)c2ccc(OC)c(C)c2)CC1. The molecule has 0 radical (unpaired) electrons. The van der Waals surface area contributed by atoms with E-state index in [0.717, 1.165) is 5.56 Å². The largest absolute Gasteiger partial charge is 0.496 e. The summed E-state index contributed by atoms with van der Waals surface area (Å²) >= 11 is 0. The standard InChI is InChI=1S/C22H28N2O5S/c1-4-29-21-8-6-5-7-19(21)23-22(25)17-11-13-24(14-12-17)30(26,27)18-9-10-20(28-3)16(2)15-18/h5-10,15,17H,4,11-14H2,1-3H3,(H,23,25). The zero-order chi connectivity index (χ0) is 21.7. The van der Waals surface area contributed by atoms with Gasteiger partial charge in [0, 0.05) is 19.0 Å². The summed E-state index contributed by atoms with van der Waals surface area (Å²) in [5.41, 5.74) is 1.40. The monoisotopic (exact) mass is 432 g/mol. The molecule has 1 fully saturated rings. The number of piperidine rings is 1. The minimum Gasteiger partial charge on any atom is -0.496 e. The van der Waals surface area contributed by atoms with Gasteiger partial charge < -0.3 is 14.8 Å². The van der Waals surface area contributed by atoms with E-state index in [0.29, 0.717) is 49.7 Å². The van der Waals surface area contributed by atoms with Crippen molar-refractivity contribution in [3.8, 4) is 11.5 Å². The summed E-state index contributed by atoms with van der Waals surface area (Å²) in [6.07, 6.45) is 0.938. The predicted molar refractivity (Wildman–Crippen MR) is 115 cm³/mol. The molecule has 0 atom stereocenters. The highest BCUT2D eigenvalue weighted by Crippen LogP contribution is 2.29. The zero-order valence-corrected chi connectivity index (χ0v) is 18.4. The molecule has 0 aromatic heterocycles. The number of aryl methyl sites for hydroxylation is 1. The molecule has 1 N–H and O–H groups in total. The fourth-order valence-electron chi connectivity index (χ4n) is 3.60. The van der Waals surface area contributed by atoms with Crippen molar-refractivity contribution in [2.24, 2.45) is 5.92 Å². The van der Waals surface area contributed by atoms with E-state index in [9.17, 15) is 13.2 Å². The van der Waals surface area contributed by atoms with Crippen molar-refractivity contribution in [2.75, 3.05) is 32.1 Å². The molecule has 0 saturated carbocycles. The van der Waals surface area contributed by atoms with E-state index in [1.165, 1.54) is 4.31 Å². The maximum absolute atomic E-state index is 13.0. The van der Waals surface area contributed by atoms with Gasteiger partial charge in [0.05, 0.1) is 24.3 Å². The van der Waals surface area contributed by atoms with Gasteiger partial charge in [0.1, 0.15) is 11.5 Å². The second kappa shape index (κ2) is 9.49. The maximum atomic E-state index is 13.0. The quantitative estimate of drug-likeness (QED) is 0.724. The summed E-state index contributed by atoms with van der Waals surface area (Å²) in [5, 5.41) is 2.92. The van der Waals surface area contributed by atoms with Gasteiger partial charge in [-0.1, -0.05) is 12.1 Å². The molecule has 2 aromatic carbocycles. The summed E-state index contributed by atoms with van der Waals surface area (Å²) in [6.45, 7) is 4.82. The van der Waals surface area contributed by atoms with E-state index < -0.39 is 10.0 Å². The third-order valence-electron chi connectivity index (χ3n) is 5.27. The van der Waals surface area contributed by atoms with Gasteiger partial charge in [-0.15, -0.1) is 0 Å². The van der Waals surface area contributed by atoms with Gasteiger partial charge in [0.2, 0.25) is 15.9 Å². The van der Waals surface area contributed by atoms with Crippen LogP contribution in [0, 0.1) is 12.8 Å². The summed E-state index contributed by atoms with van der Waals surface area (Å²) in [7, 11) is -2.05. The van der Waals surface area contributed by atoms with E-state index in [-0.39, 0.29) is 16.7 Å². The lowest BCUT2D eigenvalue weighted by Gasteiger charge is -2.30. The number of nitrogens with zero attached hydrogens (tertiary/aromatic N) is 1. The molecule has 0 spiro atoms. The molecule has 0 aliphatic carbocycles. The number of rotatable bonds is 7. The number of carbonyl (C=O) groups excluding carboxylic acids is 1. The molecule has 1 amide bonds. The number of anilines is 1. The van der Waals surface area contributed by atoms with Crippen LogP contribution < -0.4 is 14.8 Å². The third-order valence-corrected chi connectivity index (χ3v) is 7.17. The fraction of sp³-hybridized carbons (Fsp3) is 0.409. The fourth-order valence-corrected chi connectivity index (χ4v) is 5.16. The minimum atomic E-state index is -3.61. The normalized spacial score (nSPS) is 15.6. The first kappa shape index (κ1) is 22.1. The number of amides is 1. The molecular weight excluding hydrogens is 404 g/mol. The topological polar surface area (TPSA) is 84.9 Å². The van der Waals surface area contributed by atoms with Gasteiger partial charge in [0.15, 0.2) is 0 Å². The number of methoxy groups -OCH3 is 1. The Bertz CT molecular complexity index is 998. The van der Waals surface area contributed by atoms with Crippen LogP contribution in [0.25, 0.3) is 0 Å². The Hall–Kier alpha value is -2.58. The van der Waals surface area contributed by atoms with Crippen LogP contribution in [-0.4, -0.2) is 45.4 Å². The van der Waals surface area contributed by atoms with E-state index in [4.69, 9.17) is 9.47 Å². The van der Waals surface area contributed by atoms with Crippen molar-refractivity contribution in [3.05, 3.63) is 48.0 Å². The number of para-hydroxylation sites is 2. The van der Waals surface area contributed by atoms with E-state index >= 15 is 0 Å². The summed E-state index contributed by atoms with van der Waals surface area (Å²) in [4.78, 5) is 13.0. The Morgan fingerprint density at radius 1 is 1.13 bits per heavy atom. The van der Waals surface area contributed by atoms with Crippen molar-refractivity contribution in [1.82, 2.24) is 4.31 Å². The Kier molecular flexibility index (Phi) is 6.99. The highest BCUT2D eigenvalue weighted by molar-refractivity contribution is 7.89. The average Bonchev–Trinajstić information content (AvgIpc) is 2.75. The Labute approximate surface area is 178 Å². The highest BCUT2D eigenvalue weighted by atomic mass is 32.2. The van der Waals surface area contributed by atoms with Crippen LogP contribution >= 0.6 is 0 Å². The van der Waals surface area contributed by atoms with Crippen molar-refractivity contribution >= 4 is 21.6 Å². The van der Waals surface area contributed by atoms with Gasteiger partial charge in [-0.3, -0.25) is 4.79 Å². The second-order valence-electron chi connectivity index (χ2n) is 7.23. The lowest BCUT2D eigenvalue weighted by Crippen LogP contribution is -2.41.